The van der Waals surface area contributed by atoms with E-state index in [-0.39, 0.29) is 16.1 Å². The monoisotopic (exact) mass is 357 g/mol. The fraction of sp³-hybridized carbons (Fsp3) is 0.0556. The predicted octanol–water partition coefficient (Wildman–Crippen LogP) is 4.63. The number of hydrogen-bond donors (Lipinski definition) is 1. The van der Waals surface area contributed by atoms with E-state index in [0.29, 0.717) is 11.3 Å². The number of halogens is 2. The zero-order valence-electron chi connectivity index (χ0n) is 12.5. The van der Waals surface area contributed by atoms with E-state index in [4.69, 9.17) is 23.2 Å². The summed E-state index contributed by atoms with van der Waals surface area (Å²) in [6.45, 7) is 0. The molecule has 1 amide bonds. The van der Waals surface area contributed by atoms with Gasteiger partial charge in [-0.2, -0.15) is 0 Å². The standard InChI is InChI=1S/C18H13Cl2N3O/c19-16-10-14(11-22-17(16)20)18(24)23-15-3-1-12(2-4-15)9-13-5-7-21-8-6-13/h1-8,10-11H,9H2,(H,23,24). The highest BCUT2D eigenvalue weighted by molar-refractivity contribution is 6.41. The molecule has 0 spiro atoms. The van der Waals surface area contributed by atoms with Gasteiger partial charge in [0.05, 0.1) is 10.6 Å². The van der Waals surface area contributed by atoms with E-state index in [0.717, 1.165) is 12.0 Å². The zero-order chi connectivity index (χ0) is 16.9. The zero-order valence-corrected chi connectivity index (χ0v) is 14.1. The Hall–Kier alpha value is -2.43. The van der Waals surface area contributed by atoms with Gasteiger partial charge in [-0.05, 0) is 47.9 Å². The van der Waals surface area contributed by atoms with Gasteiger partial charge < -0.3 is 5.32 Å². The van der Waals surface area contributed by atoms with Crippen LogP contribution < -0.4 is 5.32 Å². The SMILES string of the molecule is O=C(Nc1ccc(Cc2ccncc2)cc1)c1cnc(Cl)c(Cl)c1. The van der Waals surface area contributed by atoms with Gasteiger partial charge in [0.2, 0.25) is 0 Å². The molecule has 6 heteroatoms. The molecule has 0 saturated heterocycles. The Kier molecular flexibility index (Phi) is 5.08. The number of aromatic nitrogens is 2. The van der Waals surface area contributed by atoms with E-state index in [9.17, 15) is 4.79 Å². The molecular formula is C18H13Cl2N3O. The average Bonchev–Trinajstić information content (AvgIpc) is 2.60. The number of carbonyl (C=O) groups is 1. The third-order valence-corrected chi connectivity index (χ3v) is 4.11. The van der Waals surface area contributed by atoms with Crippen molar-refractivity contribution in [1.29, 1.82) is 0 Å². The Morgan fingerprint density at radius 3 is 2.33 bits per heavy atom. The summed E-state index contributed by atoms with van der Waals surface area (Å²) in [6, 6.07) is 13.1. The molecule has 24 heavy (non-hydrogen) atoms. The van der Waals surface area contributed by atoms with Crippen molar-refractivity contribution in [2.24, 2.45) is 0 Å². The van der Waals surface area contributed by atoms with Crippen molar-refractivity contribution in [2.75, 3.05) is 5.32 Å². The lowest BCUT2D eigenvalue weighted by Gasteiger charge is -2.07. The molecule has 4 nitrogen and oxygen atoms in total. The van der Waals surface area contributed by atoms with Gasteiger partial charge in [-0.1, -0.05) is 35.3 Å². The van der Waals surface area contributed by atoms with Crippen molar-refractivity contribution in [3.05, 3.63) is 87.9 Å². The molecule has 3 aromatic rings. The molecule has 3 rings (SSSR count). The smallest absolute Gasteiger partial charge is 0.257 e. The number of pyridine rings is 2. The van der Waals surface area contributed by atoms with E-state index in [1.807, 2.05) is 36.4 Å². The first-order valence-electron chi connectivity index (χ1n) is 7.22. The van der Waals surface area contributed by atoms with Crippen molar-refractivity contribution >= 4 is 34.8 Å². The van der Waals surface area contributed by atoms with Crippen LogP contribution in [-0.4, -0.2) is 15.9 Å². The second-order valence-corrected chi connectivity index (χ2v) is 5.95. The van der Waals surface area contributed by atoms with Crippen molar-refractivity contribution < 1.29 is 4.79 Å². The minimum absolute atomic E-state index is 0.175. The molecule has 0 radical (unpaired) electrons. The summed E-state index contributed by atoms with van der Waals surface area (Å²) >= 11 is 11.6. The van der Waals surface area contributed by atoms with Gasteiger partial charge in [0.1, 0.15) is 5.15 Å². The summed E-state index contributed by atoms with van der Waals surface area (Å²) in [7, 11) is 0. The maximum Gasteiger partial charge on any atom is 0.257 e. The highest BCUT2D eigenvalue weighted by atomic mass is 35.5. The number of anilines is 1. The van der Waals surface area contributed by atoms with Crippen LogP contribution in [0.3, 0.4) is 0 Å². The van der Waals surface area contributed by atoms with Crippen LogP contribution >= 0.6 is 23.2 Å². The summed E-state index contributed by atoms with van der Waals surface area (Å²) in [6.07, 6.45) is 5.75. The minimum Gasteiger partial charge on any atom is -0.322 e. The van der Waals surface area contributed by atoms with Crippen LogP contribution in [-0.2, 0) is 6.42 Å². The van der Waals surface area contributed by atoms with Crippen molar-refractivity contribution in [3.8, 4) is 0 Å². The maximum absolute atomic E-state index is 12.2. The number of rotatable bonds is 4. The molecule has 0 unspecified atom stereocenters. The quantitative estimate of drug-likeness (QED) is 0.692. The van der Waals surface area contributed by atoms with Gasteiger partial charge in [-0.25, -0.2) is 4.98 Å². The molecule has 0 atom stereocenters. The van der Waals surface area contributed by atoms with Gasteiger partial charge >= 0.3 is 0 Å². The highest BCUT2D eigenvalue weighted by Crippen LogP contribution is 2.20. The van der Waals surface area contributed by atoms with Gasteiger partial charge in [0.25, 0.3) is 5.91 Å². The first-order chi connectivity index (χ1) is 11.6. The van der Waals surface area contributed by atoms with Crippen molar-refractivity contribution in [3.63, 3.8) is 0 Å². The van der Waals surface area contributed by atoms with Crippen LogP contribution in [0.5, 0.6) is 0 Å². The lowest BCUT2D eigenvalue weighted by molar-refractivity contribution is 0.102. The summed E-state index contributed by atoms with van der Waals surface area (Å²) < 4.78 is 0. The number of nitrogens with one attached hydrogen (secondary N) is 1. The molecule has 1 N–H and O–H groups in total. The Morgan fingerprint density at radius 1 is 1.00 bits per heavy atom. The molecule has 0 bridgehead atoms. The molecule has 0 aliphatic carbocycles. The van der Waals surface area contributed by atoms with E-state index < -0.39 is 0 Å². The molecule has 1 aromatic carbocycles. The second kappa shape index (κ2) is 7.43. The molecule has 0 saturated carbocycles. The van der Waals surface area contributed by atoms with Crippen LogP contribution in [0.15, 0.2) is 61.1 Å². The third kappa shape index (κ3) is 4.10. The van der Waals surface area contributed by atoms with Crippen LogP contribution in [0.4, 0.5) is 5.69 Å². The summed E-state index contributed by atoms with van der Waals surface area (Å²) in [5.41, 5.74) is 3.38. The molecule has 0 aliphatic rings. The van der Waals surface area contributed by atoms with E-state index in [1.54, 1.807) is 12.4 Å². The summed E-state index contributed by atoms with van der Waals surface area (Å²) in [5.74, 6) is -0.289. The minimum atomic E-state index is -0.289. The largest absolute Gasteiger partial charge is 0.322 e. The molecular weight excluding hydrogens is 345 g/mol. The number of benzene rings is 1. The lowest BCUT2D eigenvalue weighted by Crippen LogP contribution is -2.12. The number of hydrogen-bond acceptors (Lipinski definition) is 3. The average molecular weight is 358 g/mol. The Balaban J connectivity index is 1.67. The molecule has 2 aromatic heterocycles. The van der Waals surface area contributed by atoms with Crippen LogP contribution in [0.1, 0.15) is 21.5 Å². The van der Waals surface area contributed by atoms with Gasteiger partial charge in [0, 0.05) is 24.3 Å². The summed E-state index contributed by atoms with van der Waals surface area (Å²) in [4.78, 5) is 20.1. The molecule has 0 fully saturated rings. The number of nitrogens with zero attached hydrogens (tertiary/aromatic N) is 2. The topological polar surface area (TPSA) is 54.9 Å². The Labute approximate surface area is 149 Å². The normalized spacial score (nSPS) is 10.4. The Bertz CT molecular complexity index is 852. The molecule has 120 valence electrons. The molecule has 2 heterocycles. The fourth-order valence-electron chi connectivity index (χ4n) is 2.19. The van der Waals surface area contributed by atoms with Gasteiger partial charge in [-0.15, -0.1) is 0 Å². The van der Waals surface area contributed by atoms with E-state index in [2.05, 4.69) is 15.3 Å². The number of carbonyl (C=O) groups excluding carboxylic acids is 1. The predicted molar refractivity (Wildman–Crippen MR) is 95.7 cm³/mol. The number of amides is 1. The van der Waals surface area contributed by atoms with Crippen LogP contribution in [0, 0.1) is 0 Å². The van der Waals surface area contributed by atoms with Crippen molar-refractivity contribution in [2.45, 2.75) is 6.42 Å². The summed E-state index contributed by atoms with van der Waals surface area (Å²) in [5, 5.41) is 3.23. The van der Waals surface area contributed by atoms with Crippen LogP contribution in [0.25, 0.3) is 0 Å². The fourth-order valence-corrected chi connectivity index (χ4v) is 2.46. The van der Waals surface area contributed by atoms with E-state index in [1.165, 1.54) is 17.8 Å². The maximum atomic E-state index is 12.2. The highest BCUT2D eigenvalue weighted by Gasteiger charge is 2.09. The second-order valence-electron chi connectivity index (χ2n) is 5.18. The third-order valence-electron chi connectivity index (χ3n) is 3.43. The first-order valence-corrected chi connectivity index (χ1v) is 7.97. The van der Waals surface area contributed by atoms with E-state index >= 15 is 0 Å². The lowest BCUT2D eigenvalue weighted by atomic mass is 10.1. The molecule has 0 aliphatic heterocycles. The van der Waals surface area contributed by atoms with Gasteiger partial charge in [0.15, 0.2) is 0 Å². The Morgan fingerprint density at radius 2 is 1.67 bits per heavy atom. The van der Waals surface area contributed by atoms with Gasteiger partial charge in [-0.3, -0.25) is 9.78 Å². The van der Waals surface area contributed by atoms with Crippen LogP contribution in [0.2, 0.25) is 10.2 Å². The first kappa shape index (κ1) is 16.4. The van der Waals surface area contributed by atoms with Crippen molar-refractivity contribution in [1.82, 2.24) is 9.97 Å².